The van der Waals surface area contributed by atoms with Crippen molar-refractivity contribution in [1.82, 2.24) is 8.87 Å². The summed E-state index contributed by atoms with van der Waals surface area (Å²) < 4.78 is 34.7. The molecule has 0 spiro atoms. The molecule has 0 bridgehead atoms. The maximum atomic E-state index is 13.1. The number of sulfonamides is 1. The van der Waals surface area contributed by atoms with E-state index >= 15 is 0 Å². The number of hydrogen-bond acceptors (Lipinski definition) is 5. The van der Waals surface area contributed by atoms with Crippen molar-refractivity contribution in [3.63, 3.8) is 0 Å². The topological polar surface area (TPSA) is 85.7 Å². The summed E-state index contributed by atoms with van der Waals surface area (Å²) in [7, 11) is -3.84. The molecule has 178 valence electrons. The number of ketones is 1. The molecule has 3 aromatic rings. The monoisotopic (exact) mass is 480 g/mol. The van der Waals surface area contributed by atoms with Crippen molar-refractivity contribution in [3.05, 3.63) is 83.2 Å². The van der Waals surface area contributed by atoms with Crippen LogP contribution in [0.2, 0.25) is 0 Å². The Morgan fingerprint density at radius 3 is 2.35 bits per heavy atom. The second-order valence-corrected chi connectivity index (χ2v) is 10.5. The maximum absolute atomic E-state index is 13.1. The van der Waals surface area contributed by atoms with Gasteiger partial charge in [0.15, 0.2) is 6.61 Å². The molecule has 1 saturated heterocycles. The van der Waals surface area contributed by atoms with E-state index in [4.69, 9.17) is 4.74 Å². The lowest BCUT2D eigenvalue weighted by Crippen LogP contribution is -2.41. The molecule has 1 aliphatic heterocycles. The van der Waals surface area contributed by atoms with Crippen molar-refractivity contribution in [2.24, 2.45) is 0 Å². The van der Waals surface area contributed by atoms with E-state index in [0.29, 0.717) is 18.4 Å². The summed E-state index contributed by atoms with van der Waals surface area (Å²) in [5, 5.41) is 0. The zero-order valence-corrected chi connectivity index (χ0v) is 20.3. The fraction of sp³-hybridized carbons (Fsp3) is 0.308. The summed E-state index contributed by atoms with van der Waals surface area (Å²) in [6.07, 6.45) is 0.914. The molecule has 4 rings (SSSR count). The Bertz CT molecular complexity index is 1310. The fourth-order valence-corrected chi connectivity index (χ4v) is 6.09. The highest BCUT2D eigenvalue weighted by Gasteiger charge is 2.40. The number of carbonyl (C=O) groups is 2. The van der Waals surface area contributed by atoms with Gasteiger partial charge in [-0.15, -0.1) is 0 Å². The third kappa shape index (κ3) is 4.56. The summed E-state index contributed by atoms with van der Waals surface area (Å²) in [6.45, 7) is 5.44. The van der Waals surface area contributed by atoms with Crippen LogP contribution in [-0.2, 0) is 19.6 Å². The predicted molar refractivity (Wildman–Crippen MR) is 129 cm³/mol. The molecule has 2 aromatic carbocycles. The molecular formula is C26H28N2O5S. The Labute approximate surface area is 200 Å². The first kappa shape index (κ1) is 23.9. The number of nitrogens with zero attached hydrogens (tertiary/aromatic N) is 2. The average molecular weight is 481 g/mol. The zero-order chi connectivity index (χ0) is 24.5. The van der Waals surface area contributed by atoms with Gasteiger partial charge in [-0.1, -0.05) is 35.9 Å². The number of carbonyl (C=O) groups excluding carboxylic acids is 2. The molecule has 1 unspecified atom stereocenters. The van der Waals surface area contributed by atoms with Crippen molar-refractivity contribution in [2.45, 2.75) is 44.6 Å². The van der Waals surface area contributed by atoms with Gasteiger partial charge in [-0.25, -0.2) is 8.42 Å². The molecule has 8 heteroatoms. The predicted octanol–water partition coefficient (Wildman–Crippen LogP) is 3.98. The van der Waals surface area contributed by atoms with Gasteiger partial charge in [0.25, 0.3) is 0 Å². The Balaban J connectivity index is 1.46. The highest BCUT2D eigenvalue weighted by Crippen LogP contribution is 2.27. The van der Waals surface area contributed by atoms with Crippen molar-refractivity contribution in [3.8, 4) is 5.69 Å². The van der Waals surface area contributed by atoms with Crippen molar-refractivity contribution < 1.29 is 22.7 Å². The first-order chi connectivity index (χ1) is 16.2. The number of ether oxygens (including phenoxy) is 1. The normalized spacial score (nSPS) is 16.5. The molecule has 0 saturated carbocycles. The van der Waals surface area contributed by atoms with Gasteiger partial charge in [-0.2, -0.15) is 4.31 Å². The van der Waals surface area contributed by atoms with Crippen LogP contribution in [0.1, 0.15) is 40.2 Å². The molecule has 7 nitrogen and oxygen atoms in total. The molecule has 0 N–H and O–H groups in total. The number of Topliss-reactive ketones (excluding diaryl/α,β-unsaturated/α-hetero) is 1. The number of rotatable bonds is 7. The highest BCUT2D eigenvalue weighted by atomic mass is 32.2. The van der Waals surface area contributed by atoms with Gasteiger partial charge in [0.05, 0.1) is 4.90 Å². The summed E-state index contributed by atoms with van der Waals surface area (Å²) in [5.41, 5.74) is 4.02. The van der Waals surface area contributed by atoms with Gasteiger partial charge >= 0.3 is 5.97 Å². The Hall–Kier alpha value is -3.23. The molecule has 1 aliphatic rings. The van der Waals surface area contributed by atoms with Crippen LogP contribution < -0.4 is 0 Å². The molecule has 1 fully saturated rings. The first-order valence-electron chi connectivity index (χ1n) is 11.2. The minimum atomic E-state index is -3.84. The van der Waals surface area contributed by atoms with Crippen LogP contribution >= 0.6 is 0 Å². The van der Waals surface area contributed by atoms with E-state index in [1.165, 1.54) is 16.4 Å². The third-order valence-corrected chi connectivity index (χ3v) is 8.12. The Morgan fingerprint density at radius 2 is 1.68 bits per heavy atom. The van der Waals surface area contributed by atoms with Crippen LogP contribution in [0.15, 0.2) is 65.6 Å². The van der Waals surface area contributed by atoms with Gasteiger partial charge in [0, 0.05) is 29.2 Å². The minimum absolute atomic E-state index is 0.141. The summed E-state index contributed by atoms with van der Waals surface area (Å²) in [4.78, 5) is 25.8. The third-order valence-electron chi connectivity index (χ3n) is 6.19. The quantitative estimate of drug-likeness (QED) is 0.377. The second-order valence-electron chi connectivity index (χ2n) is 8.57. The molecule has 1 aromatic heterocycles. The van der Waals surface area contributed by atoms with E-state index in [1.807, 2.05) is 55.7 Å². The summed E-state index contributed by atoms with van der Waals surface area (Å²) in [6, 6.07) is 17.1. The number of esters is 1. The van der Waals surface area contributed by atoms with Crippen molar-refractivity contribution in [2.75, 3.05) is 13.2 Å². The van der Waals surface area contributed by atoms with Crippen LogP contribution in [0.5, 0.6) is 0 Å². The Kier molecular flexibility index (Phi) is 6.72. The van der Waals surface area contributed by atoms with Gasteiger partial charge in [0.2, 0.25) is 15.8 Å². The van der Waals surface area contributed by atoms with Crippen LogP contribution in [0.4, 0.5) is 0 Å². The lowest BCUT2D eigenvalue weighted by Gasteiger charge is -2.22. The molecule has 0 aliphatic carbocycles. The Morgan fingerprint density at radius 1 is 1.00 bits per heavy atom. The van der Waals surface area contributed by atoms with E-state index in [1.54, 1.807) is 18.2 Å². The smallest absolute Gasteiger partial charge is 0.324 e. The standard InChI is InChI=1S/C26H28N2O5S/c1-18-11-13-22(14-12-18)34(31,32)27-15-7-10-24(27)26(30)33-17-25(29)23-16-19(2)28(20(23)3)21-8-5-4-6-9-21/h4-6,8-9,11-14,16,24H,7,10,15,17H2,1-3H3. The molecule has 1 atom stereocenters. The molecule has 2 heterocycles. The summed E-state index contributed by atoms with van der Waals surface area (Å²) >= 11 is 0. The van der Waals surface area contributed by atoms with E-state index in [-0.39, 0.29) is 17.2 Å². The molecule has 34 heavy (non-hydrogen) atoms. The number of aromatic nitrogens is 1. The van der Waals surface area contributed by atoms with E-state index in [9.17, 15) is 18.0 Å². The lowest BCUT2D eigenvalue weighted by atomic mass is 10.1. The molecular weight excluding hydrogens is 452 g/mol. The maximum Gasteiger partial charge on any atom is 0.324 e. The molecule has 0 amide bonds. The van der Waals surface area contributed by atoms with Crippen LogP contribution in [0, 0.1) is 20.8 Å². The van der Waals surface area contributed by atoms with Crippen molar-refractivity contribution in [1.29, 1.82) is 0 Å². The van der Waals surface area contributed by atoms with Gasteiger partial charge in [-0.05, 0) is 63.9 Å². The lowest BCUT2D eigenvalue weighted by molar-refractivity contribution is -0.146. The van der Waals surface area contributed by atoms with Crippen molar-refractivity contribution >= 4 is 21.8 Å². The largest absolute Gasteiger partial charge is 0.456 e. The first-order valence-corrected chi connectivity index (χ1v) is 12.7. The van der Waals surface area contributed by atoms with Gasteiger partial charge < -0.3 is 9.30 Å². The van der Waals surface area contributed by atoms with Crippen LogP contribution in [-0.4, -0.2) is 48.2 Å². The number of para-hydroxylation sites is 1. The van der Waals surface area contributed by atoms with E-state index < -0.39 is 28.6 Å². The second kappa shape index (κ2) is 9.56. The number of aryl methyl sites for hydroxylation is 2. The fourth-order valence-electron chi connectivity index (χ4n) is 4.44. The number of benzene rings is 2. The van der Waals surface area contributed by atoms with E-state index in [0.717, 1.165) is 22.6 Å². The average Bonchev–Trinajstić information content (AvgIpc) is 3.43. The minimum Gasteiger partial charge on any atom is -0.456 e. The van der Waals surface area contributed by atoms with Gasteiger partial charge in [-0.3, -0.25) is 9.59 Å². The van der Waals surface area contributed by atoms with Crippen LogP contribution in [0.25, 0.3) is 5.69 Å². The summed E-state index contributed by atoms with van der Waals surface area (Å²) in [5.74, 6) is -1.02. The van der Waals surface area contributed by atoms with Crippen LogP contribution in [0.3, 0.4) is 0 Å². The zero-order valence-electron chi connectivity index (χ0n) is 19.5. The highest BCUT2D eigenvalue weighted by molar-refractivity contribution is 7.89. The van der Waals surface area contributed by atoms with E-state index in [2.05, 4.69) is 0 Å². The molecule has 0 radical (unpaired) electrons. The SMILES string of the molecule is Cc1ccc(S(=O)(=O)N2CCCC2C(=O)OCC(=O)c2cc(C)n(-c3ccccc3)c2C)cc1. The number of hydrogen-bond donors (Lipinski definition) is 0. The van der Waals surface area contributed by atoms with Gasteiger partial charge in [0.1, 0.15) is 6.04 Å².